The van der Waals surface area contributed by atoms with E-state index in [1.807, 2.05) is 26.0 Å². The molecule has 43 heavy (non-hydrogen) atoms. The number of carbonyl (C=O) groups is 2. The minimum absolute atomic E-state index is 0.0457. The zero-order valence-corrected chi connectivity index (χ0v) is 28.2. The van der Waals surface area contributed by atoms with E-state index in [-0.39, 0.29) is 44.7 Å². The Kier molecular flexibility index (Phi) is 7.80. The third-order valence-electron chi connectivity index (χ3n) is 12.7. The predicted molar refractivity (Wildman–Crippen MR) is 168 cm³/mol. The van der Waals surface area contributed by atoms with Crippen LogP contribution in [0.1, 0.15) is 151 Å². The fourth-order valence-electron chi connectivity index (χ4n) is 9.27. The fourth-order valence-corrected chi connectivity index (χ4v) is 9.27. The van der Waals surface area contributed by atoms with Gasteiger partial charge in [0.05, 0.1) is 5.57 Å². The van der Waals surface area contributed by atoms with Crippen molar-refractivity contribution in [3.63, 3.8) is 0 Å². The van der Waals surface area contributed by atoms with Gasteiger partial charge in [0.2, 0.25) is 11.8 Å². The number of rotatable bonds is 10. The molecule has 0 amide bonds. The Labute approximate surface area is 259 Å². The van der Waals surface area contributed by atoms with Gasteiger partial charge in [0.25, 0.3) is 0 Å². The van der Waals surface area contributed by atoms with E-state index in [9.17, 15) is 14.9 Å². The van der Waals surface area contributed by atoms with E-state index in [2.05, 4.69) is 64.7 Å². The molecule has 5 atom stereocenters. The molecule has 6 nitrogen and oxygen atoms in total. The summed E-state index contributed by atoms with van der Waals surface area (Å²) in [7, 11) is 0. The number of allylic oxidation sites excluding steroid dienone is 4. The Balaban J connectivity index is 1.49. The lowest BCUT2D eigenvalue weighted by Gasteiger charge is -2.63. The van der Waals surface area contributed by atoms with Crippen LogP contribution >= 0.6 is 0 Å². The van der Waals surface area contributed by atoms with E-state index in [0.717, 1.165) is 75.1 Å². The molecule has 2 saturated carbocycles. The largest absolute Gasteiger partial charge is 0.424 e. The van der Waals surface area contributed by atoms with Crippen molar-refractivity contribution >= 4 is 11.6 Å². The summed E-state index contributed by atoms with van der Waals surface area (Å²) in [6, 6.07) is 2.20. The maximum absolute atomic E-state index is 13.6. The SMILES string of the molecule is CCCC(C)(C)CC[C@@](C)(CC[C@]1(C)CC(=O)C=C2[C@@]3(C)C=C(C#N)C(=O)C(C)(C)[C@@H]3CC[C@]21C)c1nnc(C2CC2)o1. The van der Waals surface area contributed by atoms with Crippen molar-refractivity contribution in [3.8, 4) is 6.07 Å². The van der Waals surface area contributed by atoms with Gasteiger partial charge in [0.15, 0.2) is 11.6 Å². The van der Waals surface area contributed by atoms with E-state index >= 15 is 0 Å². The molecule has 1 heterocycles. The highest BCUT2D eigenvalue weighted by Crippen LogP contribution is 2.69. The zero-order chi connectivity index (χ0) is 31.6. The van der Waals surface area contributed by atoms with Crippen molar-refractivity contribution in [2.75, 3.05) is 0 Å². The standard InChI is InChI=1S/C37H53N3O3/c1-10-14-32(2,3)16-17-34(6,31-40-39-30(43-31)24-11-12-24)18-19-35(7)22-26(41)20-28-36(8)21-25(23-38)29(42)33(4,5)27(36)13-15-37(28,35)9/h20-21,24,27H,10-19,22H2,1-9H3/t27-,34-,35+,36-,37+/m0/s1. The highest BCUT2D eigenvalue weighted by molar-refractivity contribution is 6.04. The lowest BCUT2D eigenvalue weighted by molar-refractivity contribution is -0.133. The topological polar surface area (TPSA) is 96.8 Å². The van der Waals surface area contributed by atoms with E-state index in [1.54, 1.807) is 0 Å². The third kappa shape index (κ3) is 5.27. The van der Waals surface area contributed by atoms with Gasteiger partial charge < -0.3 is 4.42 Å². The van der Waals surface area contributed by atoms with E-state index in [0.29, 0.717) is 12.3 Å². The minimum Gasteiger partial charge on any atom is -0.424 e. The summed E-state index contributed by atoms with van der Waals surface area (Å²) in [4.78, 5) is 26.9. The van der Waals surface area contributed by atoms with Gasteiger partial charge in [-0.1, -0.05) is 80.4 Å². The predicted octanol–water partition coefficient (Wildman–Crippen LogP) is 8.98. The summed E-state index contributed by atoms with van der Waals surface area (Å²) in [6.07, 6.45) is 14.4. The number of ketones is 2. The highest BCUT2D eigenvalue weighted by Gasteiger charge is 2.63. The summed E-state index contributed by atoms with van der Waals surface area (Å²) < 4.78 is 6.40. The monoisotopic (exact) mass is 587 g/mol. The second-order valence-electron chi connectivity index (χ2n) is 16.9. The fraction of sp³-hybridized carbons (Fsp3) is 0.757. The number of hydrogen-bond acceptors (Lipinski definition) is 6. The summed E-state index contributed by atoms with van der Waals surface area (Å²) in [5, 5.41) is 19.0. The summed E-state index contributed by atoms with van der Waals surface area (Å²) in [6.45, 7) is 20.1. The first-order valence-corrected chi connectivity index (χ1v) is 16.7. The second kappa shape index (κ2) is 10.5. The molecular formula is C37H53N3O3. The average molecular weight is 588 g/mol. The maximum atomic E-state index is 13.6. The summed E-state index contributed by atoms with van der Waals surface area (Å²) in [5.41, 5.74) is -0.416. The Bertz CT molecular complexity index is 1400. The molecule has 0 unspecified atom stereocenters. The first-order chi connectivity index (χ1) is 19.9. The van der Waals surface area contributed by atoms with Gasteiger partial charge in [-0.2, -0.15) is 5.26 Å². The molecule has 2 fully saturated rings. The van der Waals surface area contributed by atoms with Crippen LogP contribution in [-0.4, -0.2) is 21.8 Å². The van der Waals surface area contributed by atoms with Crippen molar-refractivity contribution in [3.05, 3.63) is 35.1 Å². The molecule has 0 aromatic carbocycles. The van der Waals surface area contributed by atoms with Crippen LogP contribution in [0.15, 0.2) is 27.7 Å². The highest BCUT2D eigenvalue weighted by atomic mass is 16.4. The number of hydrogen-bond donors (Lipinski definition) is 0. The Hall–Kier alpha value is -2.55. The molecule has 1 aromatic heterocycles. The Morgan fingerprint density at radius 1 is 1.00 bits per heavy atom. The van der Waals surface area contributed by atoms with Crippen LogP contribution in [0.3, 0.4) is 0 Å². The van der Waals surface area contributed by atoms with Gasteiger partial charge in [-0.15, -0.1) is 10.2 Å². The van der Waals surface area contributed by atoms with Crippen LogP contribution in [0.4, 0.5) is 0 Å². The smallest absolute Gasteiger partial charge is 0.222 e. The van der Waals surface area contributed by atoms with Gasteiger partial charge in [0.1, 0.15) is 6.07 Å². The number of Topliss-reactive ketones (excluding diaryl/α,β-unsaturated/α-hetero) is 1. The van der Waals surface area contributed by atoms with Crippen molar-refractivity contribution in [1.29, 1.82) is 5.26 Å². The summed E-state index contributed by atoms with van der Waals surface area (Å²) >= 11 is 0. The first-order valence-electron chi connectivity index (χ1n) is 16.7. The molecule has 1 aromatic rings. The number of nitrogens with zero attached hydrogens (tertiary/aromatic N) is 3. The molecular weight excluding hydrogens is 534 g/mol. The van der Waals surface area contributed by atoms with Crippen LogP contribution in [0.5, 0.6) is 0 Å². The molecule has 0 radical (unpaired) electrons. The van der Waals surface area contributed by atoms with Crippen LogP contribution in [0, 0.1) is 44.3 Å². The van der Waals surface area contributed by atoms with Crippen LogP contribution < -0.4 is 0 Å². The third-order valence-corrected chi connectivity index (χ3v) is 12.7. The van der Waals surface area contributed by atoms with Gasteiger partial charge in [-0.25, -0.2) is 0 Å². The molecule has 0 aliphatic heterocycles. The number of aromatic nitrogens is 2. The van der Waals surface area contributed by atoms with Crippen molar-refractivity contribution in [2.45, 2.75) is 144 Å². The van der Waals surface area contributed by atoms with Crippen LogP contribution in [-0.2, 0) is 15.0 Å². The summed E-state index contributed by atoms with van der Waals surface area (Å²) in [5.74, 6) is 2.07. The molecule has 6 heteroatoms. The first kappa shape index (κ1) is 31.9. The number of fused-ring (bicyclic) bond motifs is 3. The van der Waals surface area contributed by atoms with Crippen molar-refractivity contribution in [2.24, 2.45) is 33.0 Å². The van der Waals surface area contributed by atoms with Gasteiger partial charge in [0, 0.05) is 28.6 Å². The van der Waals surface area contributed by atoms with Crippen molar-refractivity contribution < 1.29 is 14.0 Å². The van der Waals surface area contributed by atoms with E-state index in [1.165, 1.54) is 6.42 Å². The lowest BCUT2D eigenvalue weighted by Crippen LogP contribution is -2.57. The zero-order valence-electron chi connectivity index (χ0n) is 28.2. The Morgan fingerprint density at radius 2 is 1.70 bits per heavy atom. The molecule has 0 spiro atoms. The molecule has 0 saturated heterocycles. The number of carbonyl (C=O) groups excluding carboxylic acids is 2. The lowest BCUT2D eigenvalue weighted by atomic mass is 9.40. The average Bonchev–Trinajstić information content (AvgIpc) is 3.65. The van der Waals surface area contributed by atoms with Gasteiger partial charge in [-0.05, 0) is 86.0 Å². The normalized spacial score (nSPS) is 33.5. The minimum atomic E-state index is -0.658. The molecule has 234 valence electrons. The van der Waals surface area contributed by atoms with Gasteiger partial charge >= 0.3 is 0 Å². The molecule has 4 aliphatic carbocycles. The van der Waals surface area contributed by atoms with Crippen molar-refractivity contribution in [1.82, 2.24) is 10.2 Å². The quantitative estimate of drug-likeness (QED) is 0.271. The van der Waals surface area contributed by atoms with Crippen LogP contribution in [0.25, 0.3) is 0 Å². The molecule has 4 aliphatic rings. The van der Waals surface area contributed by atoms with E-state index < -0.39 is 10.8 Å². The second-order valence-corrected chi connectivity index (χ2v) is 16.9. The van der Waals surface area contributed by atoms with E-state index in [4.69, 9.17) is 4.42 Å². The molecule has 5 rings (SSSR count). The van der Waals surface area contributed by atoms with Gasteiger partial charge in [-0.3, -0.25) is 9.59 Å². The molecule has 0 N–H and O–H groups in total. The number of nitriles is 1. The maximum Gasteiger partial charge on any atom is 0.222 e. The molecule has 0 bridgehead atoms. The van der Waals surface area contributed by atoms with Crippen LogP contribution in [0.2, 0.25) is 0 Å². The Morgan fingerprint density at radius 3 is 2.33 bits per heavy atom.